The van der Waals surface area contributed by atoms with Gasteiger partial charge in [0.2, 0.25) is 0 Å². The minimum absolute atomic E-state index is 0.0249. The Hall–Kier alpha value is -2.97. The molecule has 0 aliphatic rings. The summed E-state index contributed by atoms with van der Waals surface area (Å²) in [6.45, 7) is 1.33. The number of fused-ring (bicyclic) bond motifs is 1. The van der Waals surface area contributed by atoms with E-state index < -0.39 is 27.8 Å². The molecule has 1 amide bonds. The summed E-state index contributed by atoms with van der Waals surface area (Å²) in [5.74, 6) is -1.45. The van der Waals surface area contributed by atoms with Crippen molar-refractivity contribution in [2.24, 2.45) is 0 Å². The van der Waals surface area contributed by atoms with E-state index >= 15 is 0 Å². The van der Waals surface area contributed by atoms with Gasteiger partial charge in [-0.15, -0.1) is 0 Å². The summed E-state index contributed by atoms with van der Waals surface area (Å²) in [6.07, 6.45) is 0. The molecule has 0 spiro atoms. The zero-order valence-electron chi connectivity index (χ0n) is 14.3. The quantitative estimate of drug-likeness (QED) is 0.520. The lowest BCUT2D eigenvalue weighted by Gasteiger charge is -2.29. The van der Waals surface area contributed by atoms with Gasteiger partial charge in [-0.2, -0.15) is 0 Å². The Morgan fingerprint density at radius 2 is 1.67 bits per heavy atom. The number of carbonyl (C=O) groups is 1. The van der Waals surface area contributed by atoms with Crippen LogP contribution < -0.4 is 9.79 Å². The smallest absolute Gasteiger partial charge is 0.266 e. The molecule has 27 heavy (non-hydrogen) atoms. The van der Waals surface area contributed by atoms with Crippen LogP contribution in [0.1, 0.15) is 6.92 Å². The first-order valence-corrected chi connectivity index (χ1v) is 9.51. The fourth-order valence-electron chi connectivity index (χ4n) is 2.80. The van der Waals surface area contributed by atoms with Gasteiger partial charge in [-0.1, -0.05) is 30.3 Å². The number of nitrogens with one attached hydrogen (secondary N) is 1. The third-order valence-corrected chi connectivity index (χ3v) is 6.09. The summed E-state index contributed by atoms with van der Waals surface area (Å²) < 4.78 is 40.7. The van der Waals surface area contributed by atoms with Crippen LogP contribution in [-0.4, -0.2) is 25.6 Å². The van der Waals surface area contributed by atoms with E-state index in [1.54, 1.807) is 18.2 Å². The maximum atomic E-state index is 13.3. The van der Waals surface area contributed by atoms with Gasteiger partial charge in [0, 0.05) is 0 Å². The lowest BCUT2D eigenvalue weighted by Crippen LogP contribution is -2.47. The van der Waals surface area contributed by atoms with E-state index in [2.05, 4.69) is 0 Å². The molecule has 0 aliphatic carbocycles. The Balaban J connectivity index is 2.16. The number of hydrogen-bond acceptors (Lipinski definition) is 4. The molecular formula is C19H17FN2O4S. The molecule has 3 rings (SSSR count). The van der Waals surface area contributed by atoms with Crippen LogP contribution in [0.4, 0.5) is 10.1 Å². The van der Waals surface area contributed by atoms with Crippen LogP contribution in [0.15, 0.2) is 71.6 Å². The number of nitrogens with zero attached hydrogens (tertiary/aromatic N) is 1. The predicted octanol–water partition coefficient (Wildman–Crippen LogP) is 3.07. The molecule has 3 aromatic carbocycles. The third kappa shape index (κ3) is 3.62. The Morgan fingerprint density at radius 3 is 2.30 bits per heavy atom. The minimum atomic E-state index is -4.17. The van der Waals surface area contributed by atoms with Gasteiger partial charge in [-0.3, -0.25) is 14.3 Å². The van der Waals surface area contributed by atoms with E-state index in [1.165, 1.54) is 36.7 Å². The molecule has 6 nitrogen and oxygen atoms in total. The van der Waals surface area contributed by atoms with Gasteiger partial charge in [0.05, 0.1) is 10.6 Å². The molecule has 140 valence electrons. The highest BCUT2D eigenvalue weighted by molar-refractivity contribution is 7.93. The highest BCUT2D eigenvalue weighted by Gasteiger charge is 2.33. The Bertz CT molecular complexity index is 1080. The van der Waals surface area contributed by atoms with E-state index in [0.717, 1.165) is 27.2 Å². The monoisotopic (exact) mass is 388 g/mol. The highest BCUT2D eigenvalue weighted by atomic mass is 32.2. The van der Waals surface area contributed by atoms with Crippen LogP contribution in [0.3, 0.4) is 0 Å². The molecule has 0 fully saturated rings. The van der Waals surface area contributed by atoms with Gasteiger partial charge in [0.1, 0.15) is 11.9 Å². The number of rotatable bonds is 5. The van der Waals surface area contributed by atoms with E-state index in [9.17, 15) is 17.6 Å². The van der Waals surface area contributed by atoms with Crippen molar-refractivity contribution in [3.05, 3.63) is 72.5 Å². The van der Waals surface area contributed by atoms with Crippen molar-refractivity contribution in [1.29, 1.82) is 0 Å². The second kappa shape index (κ2) is 7.34. The summed E-state index contributed by atoms with van der Waals surface area (Å²) in [5.41, 5.74) is 1.56. The predicted molar refractivity (Wildman–Crippen MR) is 99.4 cm³/mol. The minimum Gasteiger partial charge on any atom is -0.289 e. The second-order valence-electron chi connectivity index (χ2n) is 5.94. The molecule has 0 bridgehead atoms. The van der Waals surface area contributed by atoms with Crippen LogP contribution in [0.2, 0.25) is 0 Å². The standard InChI is InChI=1S/C19H17FN2O4S/c1-13(19(23)21-24)22(17-9-7-16(20)8-10-17)27(25,26)18-11-6-14-4-2-3-5-15(14)12-18/h2-13,24H,1H3,(H,21,23)/t13-/m0/s1. The first-order chi connectivity index (χ1) is 12.8. The van der Waals surface area contributed by atoms with Crippen molar-refractivity contribution in [2.45, 2.75) is 17.9 Å². The maximum Gasteiger partial charge on any atom is 0.266 e. The molecule has 0 saturated heterocycles. The van der Waals surface area contributed by atoms with Crippen molar-refractivity contribution in [1.82, 2.24) is 5.48 Å². The number of hydroxylamine groups is 1. The van der Waals surface area contributed by atoms with Crippen molar-refractivity contribution >= 4 is 32.4 Å². The number of carbonyl (C=O) groups excluding carboxylic acids is 1. The molecule has 8 heteroatoms. The van der Waals surface area contributed by atoms with Gasteiger partial charge >= 0.3 is 0 Å². The van der Waals surface area contributed by atoms with Gasteiger partial charge in [-0.25, -0.2) is 18.3 Å². The summed E-state index contributed by atoms with van der Waals surface area (Å²) in [4.78, 5) is 11.9. The number of benzene rings is 3. The van der Waals surface area contributed by atoms with E-state index in [4.69, 9.17) is 5.21 Å². The number of halogens is 1. The number of sulfonamides is 1. The van der Waals surface area contributed by atoms with Crippen molar-refractivity contribution in [3.8, 4) is 0 Å². The Labute approximate surface area is 155 Å². The van der Waals surface area contributed by atoms with Crippen LogP contribution in [-0.2, 0) is 14.8 Å². The van der Waals surface area contributed by atoms with E-state index in [1.807, 2.05) is 12.1 Å². The van der Waals surface area contributed by atoms with Gasteiger partial charge < -0.3 is 0 Å². The van der Waals surface area contributed by atoms with Crippen LogP contribution in [0, 0.1) is 5.82 Å². The normalized spacial score (nSPS) is 12.6. The van der Waals surface area contributed by atoms with E-state index in [0.29, 0.717) is 0 Å². The molecule has 0 aromatic heterocycles. The molecule has 0 heterocycles. The first kappa shape index (κ1) is 18.8. The maximum absolute atomic E-state index is 13.3. The molecule has 3 aromatic rings. The number of anilines is 1. The summed E-state index contributed by atoms with van der Waals surface area (Å²) >= 11 is 0. The Morgan fingerprint density at radius 1 is 1.04 bits per heavy atom. The fraction of sp³-hybridized carbons (Fsp3) is 0.105. The summed E-state index contributed by atoms with van der Waals surface area (Å²) in [6, 6.07) is 15.3. The lowest BCUT2D eigenvalue weighted by atomic mass is 10.1. The third-order valence-electron chi connectivity index (χ3n) is 4.20. The summed E-state index contributed by atoms with van der Waals surface area (Å²) in [5, 5.41) is 10.5. The van der Waals surface area contributed by atoms with Gasteiger partial charge in [0.15, 0.2) is 0 Å². The number of amides is 1. The van der Waals surface area contributed by atoms with Crippen molar-refractivity contribution in [2.75, 3.05) is 4.31 Å². The first-order valence-electron chi connectivity index (χ1n) is 8.07. The molecule has 0 radical (unpaired) electrons. The average molecular weight is 388 g/mol. The second-order valence-corrected chi connectivity index (χ2v) is 7.75. The molecular weight excluding hydrogens is 371 g/mol. The summed E-state index contributed by atoms with van der Waals surface area (Å²) in [7, 11) is -4.17. The van der Waals surface area contributed by atoms with E-state index in [-0.39, 0.29) is 10.6 Å². The largest absolute Gasteiger partial charge is 0.289 e. The molecule has 1 atom stereocenters. The average Bonchev–Trinajstić information content (AvgIpc) is 2.68. The highest BCUT2D eigenvalue weighted by Crippen LogP contribution is 2.28. The lowest BCUT2D eigenvalue weighted by molar-refractivity contribution is -0.129. The van der Waals surface area contributed by atoms with Crippen LogP contribution >= 0.6 is 0 Å². The SMILES string of the molecule is C[C@@H](C(=O)NO)N(c1ccc(F)cc1)S(=O)(=O)c1ccc2ccccc2c1. The topological polar surface area (TPSA) is 86.7 Å². The molecule has 0 saturated carbocycles. The molecule has 2 N–H and O–H groups in total. The Kier molecular flexibility index (Phi) is 5.11. The zero-order valence-corrected chi connectivity index (χ0v) is 15.2. The molecule has 0 aliphatic heterocycles. The van der Waals surface area contributed by atoms with Crippen molar-refractivity contribution in [3.63, 3.8) is 0 Å². The van der Waals surface area contributed by atoms with Crippen LogP contribution in [0.25, 0.3) is 10.8 Å². The molecule has 0 unspecified atom stereocenters. The fourth-order valence-corrected chi connectivity index (χ4v) is 4.45. The van der Waals surface area contributed by atoms with Gasteiger partial charge in [-0.05, 0) is 54.1 Å². The zero-order chi connectivity index (χ0) is 19.6. The number of hydrogen-bond donors (Lipinski definition) is 2. The van der Waals surface area contributed by atoms with Gasteiger partial charge in [0.25, 0.3) is 15.9 Å². The van der Waals surface area contributed by atoms with Crippen molar-refractivity contribution < 1.29 is 22.8 Å². The van der Waals surface area contributed by atoms with Crippen LogP contribution in [0.5, 0.6) is 0 Å².